The first-order valence-corrected chi connectivity index (χ1v) is 27.3. The molecule has 9 atom stereocenters. The smallest absolute Gasteiger partial charge is 0.329 e. The van der Waals surface area contributed by atoms with Crippen molar-refractivity contribution in [2.45, 2.75) is 94.5 Å². The van der Waals surface area contributed by atoms with Gasteiger partial charge in [-0.05, 0) is 56.2 Å². The van der Waals surface area contributed by atoms with Gasteiger partial charge in [0.05, 0.1) is 27.3 Å². The average molecular weight is 1120 g/mol. The van der Waals surface area contributed by atoms with Gasteiger partial charge in [0.2, 0.25) is 35.4 Å². The first-order chi connectivity index (χ1) is 36.9. The second kappa shape index (κ2) is 25.7. The van der Waals surface area contributed by atoms with Gasteiger partial charge in [0, 0.05) is 39.3 Å². The molecule has 2 saturated heterocycles. The Hall–Kier alpha value is -7.61. The van der Waals surface area contributed by atoms with Crippen LogP contribution in [0.5, 0.6) is 5.75 Å². The predicted molar refractivity (Wildman–Crippen MR) is 288 cm³/mol. The van der Waals surface area contributed by atoms with Gasteiger partial charge in [0.1, 0.15) is 73.0 Å². The molecule has 2 fully saturated rings. The van der Waals surface area contributed by atoms with Gasteiger partial charge in [-0.3, -0.25) is 43.3 Å². The zero-order chi connectivity index (χ0) is 57.4. The number of aromatic hydroxyl groups is 1. The maximum absolute atomic E-state index is 15.2. The van der Waals surface area contributed by atoms with Crippen LogP contribution in [0.2, 0.25) is 0 Å². The van der Waals surface area contributed by atoms with Crippen LogP contribution >= 0.6 is 23.5 Å². The summed E-state index contributed by atoms with van der Waals surface area (Å²) in [6, 6.07) is 2.71. The quantitative estimate of drug-likeness (QED) is 0.161. The van der Waals surface area contributed by atoms with Crippen LogP contribution in [0.25, 0.3) is 21.9 Å². The van der Waals surface area contributed by atoms with Crippen molar-refractivity contribution in [2.24, 2.45) is 11.8 Å². The SMILES string of the molecule is CSC1SCC2C(=O)N(C)C(C(C)C)C(=O)OCC(NC(=O)c3nc4ccccc4cc3O)C(=O)NC(C)C(=O)N(C)C1C(=O)N(C)C(C(C)C)C(=O)OCC(NC(=O)c1cnc3ccccc3n1)C(=O)NC(C)C(=O)N2C. The molecule has 2 bridgehead atoms. The minimum Gasteiger partial charge on any atom is -0.505 e. The average Bonchev–Trinajstić information content (AvgIpc) is 3.41. The zero-order valence-electron chi connectivity index (χ0n) is 45.0. The molecular formula is C52H65N11O13S2. The summed E-state index contributed by atoms with van der Waals surface area (Å²) in [5.41, 5.74) is 0.545. The Bertz CT molecular complexity index is 2980. The Kier molecular flexibility index (Phi) is 19.6. The molecule has 0 saturated carbocycles. The fraction of sp³-hybridized carbons (Fsp3) is 0.481. The second-order valence-corrected chi connectivity index (χ2v) is 22.1. The van der Waals surface area contributed by atoms with E-state index in [1.807, 2.05) is 0 Å². The van der Waals surface area contributed by atoms with Crippen LogP contribution in [-0.4, -0.2) is 205 Å². The standard InChI is InChI=1S/C52H65N11O13S2/c1-25(2)39-50(73)76-23-35(59-45(68)38-37(64)20-29-16-12-13-17-30(29)57-38)44(67)55-28(6)47(70)63(10)41-49(72)62(9)40(26(3)4)51(74)75-22-34(58-42(65)33-21-53-31-18-14-15-19-32(31)56-33)43(66)54-27(5)46(69)60(7)36(48(71)61(39)8)24-78-52(41)77-11/h12-21,25-28,34-36,39-41,52,64H,22-24H2,1-11H3,(H,54,66)(H,55,67)(H,58,65)(H,59,68). The van der Waals surface area contributed by atoms with Gasteiger partial charge in [0.25, 0.3) is 11.8 Å². The Labute approximate surface area is 458 Å². The third-order valence-corrected chi connectivity index (χ3v) is 16.2. The van der Waals surface area contributed by atoms with E-state index < -0.39 is 149 Å². The fourth-order valence-corrected chi connectivity index (χ4v) is 11.6. The van der Waals surface area contributed by atoms with Gasteiger partial charge < -0.3 is 55.4 Å². The maximum Gasteiger partial charge on any atom is 0.329 e. The number of benzene rings is 2. The normalized spacial score (nSPS) is 25.2. The van der Waals surface area contributed by atoms with Gasteiger partial charge in [-0.2, -0.15) is 0 Å². The number of esters is 2. The minimum atomic E-state index is -1.75. The number of likely N-dealkylation sites (N-methyl/N-ethyl adjacent to an activating group) is 4. The number of aromatic nitrogens is 3. The molecule has 4 aromatic rings. The molecule has 2 aromatic heterocycles. The van der Waals surface area contributed by atoms with E-state index in [1.165, 1.54) is 54.3 Å². The van der Waals surface area contributed by atoms with E-state index in [0.717, 1.165) is 43.1 Å². The maximum atomic E-state index is 15.2. The van der Waals surface area contributed by atoms with E-state index in [-0.39, 0.29) is 11.4 Å². The van der Waals surface area contributed by atoms with Gasteiger partial charge in [-0.25, -0.2) is 19.6 Å². The number of hydrogen-bond acceptors (Lipinski definition) is 18. The number of ether oxygens (including phenoxy) is 2. The Morgan fingerprint density at radius 2 is 1.18 bits per heavy atom. The summed E-state index contributed by atoms with van der Waals surface area (Å²) in [5, 5.41) is 21.5. The summed E-state index contributed by atoms with van der Waals surface area (Å²) in [4.78, 5) is 162. The summed E-state index contributed by atoms with van der Waals surface area (Å²) in [6.07, 6.45) is 2.84. The lowest BCUT2D eigenvalue weighted by Gasteiger charge is -2.40. The number of thioether (sulfide) groups is 2. The summed E-state index contributed by atoms with van der Waals surface area (Å²) in [6.45, 7) is 7.53. The Balaban J connectivity index is 1.43. The lowest BCUT2D eigenvalue weighted by atomic mass is 10.0. The molecule has 0 radical (unpaired) electrons. The number of rotatable bonds is 7. The molecule has 5 N–H and O–H groups in total. The highest BCUT2D eigenvalue weighted by molar-refractivity contribution is 8.16. The minimum absolute atomic E-state index is 0.188. The highest BCUT2D eigenvalue weighted by atomic mass is 32.2. The molecule has 24 nitrogen and oxygen atoms in total. The molecule has 2 aromatic carbocycles. The number of cyclic esters (lactones) is 2. The number of pyridine rings is 1. The van der Waals surface area contributed by atoms with Crippen molar-refractivity contribution in [3.63, 3.8) is 0 Å². The van der Waals surface area contributed by atoms with Crippen molar-refractivity contribution in [1.29, 1.82) is 0 Å². The van der Waals surface area contributed by atoms with E-state index in [0.29, 0.717) is 21.9 Å². The molecule has 9 unspecified atom stereocenters. The number of amides is 8. The number of carbonyl (C=O) groups excluding carboxylic acids is 10. The van der Waals surface area contributed by atoms with Crippen molar-refractivity contribution in [2.75, 3.05) is 53.4 Å². The molecule has 2 aliphatic rings. The van der Waals surface area contributed by atoms with Crippen molar-refractivity contribution in [3.05, 3.63) is 72.2 Å². The number of carbonyl (C=O) groups is 10. The molecule has 26 heteroatoms. The van der Waals surface area contributed by atoms with E-state index in [2.05, 4.69) is 36.2 Å². The summed E-state index contributed by atoms with van der Waals surface area (Å²) < 4.78 is 10.5. The summed E-state index contributed by atoms with van der Waals surface area (Å²) in [5.74, 6) is -11.3. The monoisotopic (exact) mass is 1120 g/mol. The van der Waals surface area contributed by atoms with Crippen LogP contribution in [0.4, 0.5) is 0 Å². The number of nitrogens with one attached hydrogen (secondary N) is 4. The van der Waals surface area contributed by atoms with Crippen LogP contribution in [0.1, 0.15) is 62.5 Å². The number of para-hydroxylation sites is 3. The van der Waals surface area contributed by atoms with Gasteiger partial charge in [-0.15, -0.1) is 23.5 Å². The largest absolute Gasteiger partial charge is 0.505 e. The molecule has 4 heterocycles. The Morgan fingerprint density at radius 3 is 1.73 bits per heavy atom. The van der Waals surface area contributed by atoms with E-state index in [1.54, 1.807) is 82.5 Å². The summed E-state index contributed by atoms with van der Waals surface area (Å²) >= 11 is 2.13. The van der Waals surface area contributed by atoms with Gasteiger partial charge >= 0.3 is 11.9 Å². The first kappa shape index (κ1) is 59.6. The van der Waals surface area contributed by atoms with Crippen molar-refractivity contribution < 1.29 is 62.5 Å². The van der Waals surface area contributed by atoms with Crippen LogP contribution in [0.3, 0.4) is 0 Å². The van der Waals surface area contributed by atoms with Gasteiger partial charge in [-0.1, -0.05) is 58.0 Å². The fourth-order valence-electron chi connectivity index (χ4n) is 9.08. The number of hydrogen-bond donors (Lipinski definition) is 5. The molecule has 6 rings (SSSR count). The zero-order valence-corrected chi connectivity index (χ0v) is 46.7. The van der Waals surface area contributed by atoms with Crippen molar-refractivity contribution in [1.82, 2.24) is 55.8 Å². The third kappa shape index (κ3) is 13.4. The van der Waals surface area contributed by atoms with Gasteiger partial charge in [0.15, 0.2) is 5.69 Å². The predicted octanol–water partition coefficient (Wildman–Crippen LogP) is 0.946. The van der Waals surface area contributed by atoms with Crippen molar-refractivity contribution in [3.8, 4) is 5.75 Å². The number of fused-ring (bicyclic) bond motifs is 6. The Morgan fingerprint density at radius 1 is 0.679 bits per heavy atom. The molecule has 0 aliphatic carbocycles. The molecule has 8 amide bonds. The van der Waals surface area contributed by atoms with E-state index in [9.17, 15) is 43.5 Å². The number of nitrogens with zero attached hydrogens (tertiary/aromatic N) is 7. The molecule has 78 heavy (non-hydrogen) atoms. The molecular weight excluding hydrogens is 1050 g/mol. The van der Waals surface area contributed by atoms with E-state index in [4.69, 9.17) is 9.47 Å². The highest BCUT2D eigenvalue weighted by Gasteiger charge is 2.45. The van der Waals surface area contributed by atoms with Crippen molar-refractivity contribution >= 4 is 105 Å². The lowest BCUT2D eigenvalue weighted by molar-refractivity contribution is -0.160. The lowest BCUT2D eigenvalue weighted by Crippen LogP contribution is -2.60. The van der Waals surface area contributed by atoms with Crippen LogP contribution in [-0.2, 0) is 47.8 Å². The third-order valence-electron chi connectivity index (χ3n) is 13.4. The first-order valence-electron chi connectivity index (χ1n) is 24.9. The molecule has 0 spiro atoms. The van der Waals surface area contributed by atoms with Crippen LogP contribution in [0.15, 0.2) is 60.8 Å². The van der Waals surface area contributed by atoms with Crippen LogP contribution in [0, 0.1) is 11.8 Å². The van der Waals surface area contributed by atoms with E-state index >= 15 is 9.59 Å². The summed E-state index contributed by atoms with van der Waals surface area (Å²) in [7, 11) is 5.26. The highest BCUT2D eigenvalue weighted by Crippen LogP contribution is 2.32. The molecule has 2 aliphatic heterocycles. The molecule has 418 valence electrons. The second-order valence-electron chi connectivity index (χ2n) is 19.6. The topological polar surface area (TPSA) is 309 Å². The van der Waals surface area contributed by atoms with Crippen LogP contribution < -0.4 is 21.3 Å².